The first-order chi connectivity index (χ1) is 7.47. The summed E-state index contributed by atoms with van der Waals surface area (Å²) in [6.45, 7) is 6.25. The Hall–Kier alpha value is -1.80. The van der Waals surface area contributed by atoms with Crippen molar-refractivity contribution in [1.82, 2.24) is 10.4 Å². The lowest BCUT2D eigenvalue weighted by atomic mass is 10.5. The summed E-state index contributed by atoms with van der Waals surface area (Å²) in [5.41, 5.74) is 8.13. The van der Waals surface area contributed by atoms with E-state index in [1.54, 1.807) is 18.3 Å². The van der Waals surface area contributed by atoms with Crippen LogP contribution in [0, 0.1) is 11.5 Å². The molecule has 4 nitrogen and oxygen atoms in total. The van der Waals surface area contributed by atoms with Crippen molar-refractivity contribution in [3.8, 4) is 11.5 Å². The highest BCUT2D eigenvalue weighted by molar-refractivity contribution is 6.84. The van der Waals surface area contributed by atoms with Crippen LogP contribution in [-0.4, -0.2) is 19.0 Å². The van der Waals surface area contributed by atoms with E-state index in [-0.39, 0.29) is 5.91 Å². The molecule has 0 aliphatic rings. The Kier molecular flexibility index (Phi) is 4.08. The number of hydrogen-bond acceptors (Lipinski definition) is 3. The Morgan fingerprint density at radius 3 is 2.69 bits per heavy atom. The van der Waals surface area contributed by atoms with Crippen LogP contribution < -0.4 is 10.9 Å². The van der Waals surface area contributed by atoms with Gasteiger partial charge in [-0.2, -0.15) is 0 Å². The second kappa shape index (κ2) is 5.33. The Bertz CT molecular complexity index is 414. The summed E-state index contributed by atoms with van der Waals surface area (Å²) in [7, 11) is -1.49. The number of pyridine rings is 1. The second-order valence-corrected chi connectivity index (χ2v) is 9.04. The standard InChI is InChI=1S/C11H15N3OSi/c1-16(2,3)9-7-11(15)14-13-10-6-4-5-8-12-10/h4-6,8H,1-3H3,(H,12,13)(H,14,15). The number of nitrogens with one attached hydrogen (secondary N) is 2. The van der Waals surface area contributed by atoms with E-state index in [1.807, 2.05) is 6.07 Å². The van der Waals surface area contributed by atoms with E-state index in [9.17, 15) is 4.79 Å². The molecule has 0 fully saturated rings. The van der Waals surface area contributed by atoms with E-state index in [1.165, 1.54) is 0 Å². The van der Waals surface area contributed by atoms with Crippen molar-refractivity contribution >= 4 is 19.8 Å². The zero-order valence-corrected chi connectivity index (χ0v) is 10.7. The fourth-order valence-electron chi connectivity index (χ4n) is 0.833. The largest absolute Gasteiger partial charge is 0.313 e. The van der Waals surface area contributed by atoms with Crippen LogP contribution in [0.2, 0.25) is 19.6 Å². The summed E-state index contributed by atoms with van der Waals surface area (Å²) >= 11 is 0. The van der Waals surface area contributed by atoms with Crippen molar-refractivity contribution < 1.29 is 4.79 Å². The highest BCUT2D eigenvalue weighted by Crippen LogP contribution is 1.97. The number of hydrazine groups is 1. The molecule has 0 bridgehead atoms. The zero-order valence-electron chi connectivity index (χ0n) is 9.66. The lowest BCUT2D eigenvalue weighted by Gasteiger charge is -2.05. The van der Waals surface area contributed by atoms with Crippen LogP contribution in [0.1, 0.15) is 0 Å². The molecular weight excluding hydrogens is 218 g/mol. The highest BCUT2D eigenvalue weighted by atomic mass is 28.3. The van der Waals surface area contributed by atoms with Crippen LogP contribution in [-0.2, 0) is 4.79 Å². The summed E-state index contributed by atoms with van der Waals surface area (Å²) in [5.74, 6) is 2.81. The molecule has 0 saturated carbocycles. The monoisotopic (exact) mass is 233 g/mol. The minimum absolute atomic E-state index is 0.340. The minimum Gasteiger partial charge on any atom is -0.281 e. The van der Waals surface area contributed by atoms with Gasteiger partial charge in [-0.15, -0.1) is 5.54 Å². The zero-order chi connectivity index (χ0) is 12.0. The normalized spacial score (nSPS) is 9.94. The summed E-state index contributed by atoms with van der Waals surface area (Å²) in [4.78, 5) is 15.3. The summed E-state index contributed by atoms with van der Waals surface area (Å²) in [5, 5.41) is 0. The molecule has 0 saturated heterocycles. The van der Waals surface area contributed by atoms with Gasteiger partial charge in [0, 0.05) is 6.20 Å². The van der Waals surface area contributed by atoms with E-state index in [4.69, 9.17) is 0 Å². The predicted octanol–water partition coefficient (Wildman–Crippen LogP) is 1.41. The van der Waals surface area contributed by atoms with Crippen molar-refractivity contribution in [3.63, 3.8) is 0 Å². The quantitative estimate of drug-likeness (QED) is 0.461. The SMILES string of the molecule is C[Si](C)(C)C#CC(=O)NNc1ccccn1. The summed E-state index contributed by atoms with van der Waals surface area (Å²) < 4.78 is 0. The molecule has 1 rings (SSSR count). The van der Waals surface area contributed by atoms with Gasteiger partial charge in [-0.25, -0.2) is 4.98 Å². The van der Waals surface area contributed by atoms with Crippen molar-refractivity contribution in [2.45, 2.75) is 19.6 Å². The maximum Gasteiger partial charge on any atom is 0.313 e. The van der Waals surface area contributed by atoms with Crippen LogP contribution in [0.3, 0.4) is 0 Å². The Labute approximate surface area is 96.5 Å². The number of rotatable bonds is 2. The molecule has 1 aromatic rings. The van der Waals surface area contributed by atoms with Crippen LogP contribution >= 0.6 is 0 Å². The van der Waals surface area contributed by atoms with Gasteiger partial charge >= 0.3 is 5.91 Å². The topological polar surface area (TPSA) is 54.0 Å². The molecule has 84 valence electrons. The maximum atomic E-state index is 11.3. The number of carbonyl (C=O) groups is 1. The minimum atomic E-state index is -1.49. The van der Waals surface area contributed by atoms with Gasteiger partial charge in [0.05, 0.1) is 0 Å². The molecule has 0 aliphatic carbocycles. The lowest BCUT2D eigenvalue weighted by Crippen LogP contribution is -2.29. The molecule has 1 heterocycles. The number of nitrogens with zero attached hydrogens (tertiary/aromatic N) is 1. The van der Waals surface area contributed by atoms with Gasteiger partial charge in [-0.3, -0.25) is 15.6 Å². The van der Waals surface area contributed by atoms with E-state index in [2.05, 4.69) is 46.9 Å². The predicted molar refractivity (Wildman–Crippen MR) is 67.1 cm³/mol. The van der Waals surface area contributed by atoms with Crippen LogP contribution in [0.5, 0.6) is 0 Å². The lowest BCUT2D eigenvalue weighted by molar-refractivity contribution is -0.115. The van der Waals surface area contributed by atoms with Gasteiger partial charge < -0.3 is 0 Å². The molecule has 1 amide bonds. The molecular formula is C11H15N3OSi. The Morgan fingerprint density at radius 2 is 2.12 bits per heavy atom. The Morgan fingerprint density at radius 1 is 1.38 bits per heavy atom. The fourth-order valence-corrected chi connectivity index (χ4v) is 1.32. The van der Waals surface area contributed by atoms with E-state index >= 15 is 0 Å². The van der Waals surface area contributed by atoms with Crippen molar-refractivity contribution in [2.75, 3.05) is 5.43 Å². The molecule has 16 heavy (non-hydrogen) atoms. The maximum absolute atomic E-state index is 11.3. The summed E-state index contributed by atoms with van der Waals surface area (Å²) in [6, 6.07) is 5.39. The number of aromatic nitrogens is 1. The average Bonchev–Trinajstić information content (AvgIpc) is 2.24. The summed E-state index contributed by atoms with van der Waals surface area (Å²) in [6.07, 6.45) is 1.64. The third kappa shape index (κ3) is 5.17. The number of anilines is 1. The third-order valence-electron chi connectivity index (χ3n) is 1.52. The first kappa shape index (κ1) is 12.3. The smallest absolute Gasteiger partial charge is 0.281 e. The molecule has 0 aliphatic heterocycles. The number of hydrogen-bond donors (Lipinski definition) is 2. The molecule has 2 N–H and O–H groups in total. The highest BCUT2D eigenvalue weighted by Gasteiger charge is 2.08. The van der Waals surface area contributed by atoms with Crippen molar-refractivity contribution in [1.29, 1.82) is 0 Å². The van der Waals surface area contributed by atoms with Gasteiger partial charge in [0.15, 0.2) is 0 Å². The third-order valence-corrected chi connectivity index (χ3v) is 2.40. The molecule has 0 radical (unpaired) electrons. The molecule has 0 spiro atoms. The Balaban J connectivity index is 2.45. The molecule has 0 aromatic carbocycles. The second-order valence-electron chi connectivity index (χ2n) is 4.29. The van der Waals surface area contributed by atoms with Gasteiger partial charge in [-0.05, 0) is 18.1 Å². The van der Waals surface area contributed by atoms with Crippen LogP contribution in [0.25, 0.3) is 0 Å². The van der Waals surface area contributed by atoms with Crippen molar-refractivity contribution in [2.24, 2.45) is 0 Å². The van der Waals surface area contributed by atoms with Crippen LogP contribution in [0.4, 0.5) is 5.82 Å². The van der Waals surface area contributed by atoms with Crippen LogP contribution in [0.15, 0.2) is 24.4 Å². The average molecular weight is 233 g/mol. The number of carbonyl (C=O) groups excluding carboxylic acids is 1. The number of amides is 1. The van der Waals surface area contributed by atoms with Gasteiger partial charge in [0.2, 0.25) is 0 Å². The van der Waals surface area contributed by atoms with Gasteiger partial charge in [0.25, 0.3) is 0 Å². The van der Waals surface area contributed by atoms with E-state index < -0.39 is 8.07 Å². The van der Waals surface area contributed by atoms with Crippen molar-refractivity contribution in [3.05, 3.63) is 24.4 Å². The first-order valence-electron chi connectivity index (χ1n) is 4.97. The van der Waals surface area contributed by atoms with E-state index in [0.29, 0.717) is 5.82 Å². The first-order valence-corrected chi connectivity index (χ1v) is 8.47. The molecule has 5 heteroatoms. The molecule has 0 atom stereocenters. The van der Waals surface area contributed by atoms with E-state index in [0.717, 1.165) is 0 Å². The fraction of sp³-hybridized carbons (Fsp3) is 0.273. The molecule has 1 aromatic heterocycles. The molecule has 0 unspecified atom stereocenters. The van der Waals surface area contributed by atoms with Gasteiger partial charge in [-0.1, -0.05) is 25.7 Å². The van der Waals surface area contributed by atoms with Gasteiger partial charge in [0.1, 0.15) is 13.9 Å².